The molecule has 0 aliphatic heterocycles. The molecule has 18 heavy (non-hydrogen) atoms. The fourth-order valence-electron chi connectivity index (χ4n) is 1.49. The Morgan fingerprint density at radius 2 is 2.06 bits per heavy atom. The summed E-state index contributed by atoms with van der Waals surface area (Å²) in [7, 11) is 4.40. The van der Waals surface area contributed by atoms with E-state index in [2.05, 4.69) is 4.74 Å². The first-order chi connectivity index (χ1) is 8.49. The van der Waals surface area contributed by atoms with Crippen molar-refractivity contribution in [2.75, 3.05) is 27.9 Å². The molecule has 6 heteroatoms. The quantitative estimate of drug-likeness (QED) is 0.733. The van der Waals surface area contributed by atoms with E-state index in [-0.39, 0.29) is 19.1 Å². The van der Waals surface area contributed by atoms with Gasteiger partial charge in [-0.1, -0.05) is 0 Å². The maximum atomic E-state index is 11.5. The Balaban J connectivity index is 2.74. The molecule has 0 saturated carbocycles. The summed E-state index contributed by atoms with van der Waals surface area (Å²) in [5.41, 5.74) is 0.375. The number of esters is 1. The van der Waals surface area contributed by atoms with Gasteiger partial charge in [0.05, 0.1) is 13.7 Å². The highest BCUT2D eigenvalue weighted by molar-refractivity contribution is 5.90. The molecule has 0 N–H and O–H groups in total. The SMILES string of the molecule is COCC(=O)N(C)Cc1cc(C(=O)OC)c(C)o1. The average molecular weight is 255 g/mol. The van der Waals surface area contributed by atoms with Crippen LogP contribution in [0.4, 0.5) is 0 Å². The Labute approximate surface area is 105 Å². The van der Waals surface area contributed by atoms with Crippen LogP contribution in [0.2, 0.25) is 0 Å². The van der Waals surface area contributed by atoms with Crippen molar-refractivity contribution in [1.29, 1.82) is 0 Å². The van der Waals surface area contributed by atoms with Gasteiger partial charge in [0.1, 0.15) is 23.7 Å². The van der Waals surface area contributed by atoms with Crippen LogP contribution in [0.15, 0.2) is 10.5 Å². The lowest BCUT2D eigenvalue weighted by molar-refractivity contribution is -0.134. The normalized spacial score (nSPS) is 10.2. The summed E-state index contributed by atoms with van der Waals surface area (Å²) in [6.45, 7) is 1.97. The third-order valence-corrected chi connectivity index (χ3v) is 2.46. The molecule has 1 rings (SSSR count). The van der Waals surface area contributed by atoms with E-state index in [9.17, 15) is 9.59 Å². The van der Waals surface area contributed by atoms with Gasteiger partial charge >= 0.3 is 5.97 Å². The number of carbonyl (C=O) groups excluding carboxylic acids is 2. The summed E-state index contributed by atoms with van der Waals surface area (Å²) in [6, 6.07) is 1.58. The average Bonchev–Trinajstić information content (AvgIpc) is 2.69. The molecular formula is C12H17NO5. The van der Waals surface area contributed by atoms with Crippen LogP contribution >= 0.6 is 0 Å². The molecule has 0 fully saturated rings. The first-order valence-electron chi connectivity index (χ1n) is 5.40. The lowest BCUT2D eigenvalue weighted by atomic mass is 10.2. The van der Waals surface area contributed by atoms with Gasteiger partial charge in [0.2, 0.25) is 5.91 Å². The fourth-order valence-corrected chi connectivity index (χ4v) is 1.49. The van der Waals surface area contributed by atoms with E-state index < -0.39 is 5.97 Å². The Hall–Kier alpha value is -1.82. The van der Waals surface area contributed by atoms with Gasteiger partial charge in [-0.05, 0) is 13.0 Å². The van der Waals surface area contributed by atoms with Crippen LogP contribution in [-0.4, -0.2) is 44.7 Å². The third kappa shape index (κ3) is 3.33. The van der Waals surface area contributed by atoms with Crippen molar-refractivity contribution in [1.82, 2.24) is 4.90 Å². The molecule has 1 heterocycles. The second-order valence-corrected chi connectivity index (χ2v) is 3.86. The minimum absolute atomic E-state index is 0.0139. The van der Waals surface area contributed by atoms with Crippen LogP contribution in [0.3, 0.4) is 0 Å². The van der Waals surface area contributed by atoms with Gasteiger partial charge < -0.3 is 18.8 Å². The molecule has 0 spiro atoms. The molecular weight excluding hydrogens is 238 g/mol. The Morgan fingerprint density at radius 1 is 1.39 bits per heavy atom. The van der Waals surface area contributed by atoms with E-state index in [1.165, 1.54) is 19.1 Å². The molecule has 0 unspecified atom stereocenters. The number of hydrogen-bond donors (Lipinski definition) is 0. The van der Waals surface area contributed by atoms with Crippen molar-refractivity contribution in [3.8, 4) is 0 Å². The van der Waals surface area contributed by atoms with Crippen LogP contribution in [0.5, 0.6) is 0 Å². The van der Waals surface area contributed by atoms with Crippen LogP contribution in [0, 0.1) is 6.92 Å². The summed E-state index contributed by atoms with van der Waals surface area (Å²) in [4.78, 5) is 24.3. The predicted octanol–water partition coefficient (Wildman–Crippen LogP) is 0.979. The molecule has 0 aliphatic carbocycles. The molecule has 0 bridgehead atoms. The van der Waals surface area contributed by atoms with Gasteiger partial charge in [0, 0.05) is 14.2 Å². The second-order valence-electron chi connectivity index (χ2n) is 3.86. The van der Waals surface area contributed by atoms with Crippen molar-refractivity contribution in [2.24, 2.45) is 0 Å². The largest absolute Gasteiger partial charge is 0.465 e. The van der Waals surface area contributed by atoms with E-state index in [1.54, 1.807) is 20.0 Å². The highest BCUT2D eigenvalue weighted by Gasteiger charge is 2.17. The summed E-state index contributed by atoms with van der Waals surface area (Å²) >= 11 is 0. The summed E-state index contributed by atoms with van der Waals surface area (Å²) in [5.74, 6) is 0.392. The van der Waals surface area contributed by atoms with Crippen LogP contribution < -0.4 is 0 Å². The van der Waals surface area contributed by atoms with Crippen LogP contribution in [-0.2, 0) is 20.8 Å². The zero-order valence-electron chi connectivity index (χ0n) is 11.0. The van der Waals surface area contributed by atoms with Crippen molar-refractivity contribution in [3.05, 3.63) is 23.2 Å². The van der Waals surface area contributed by atoms with Crippen molar-refractivity contribution >= 4 is 11.9 Å². The fraction of sp³-hybridized carbons (Fsp3) is 0.500. The van der Waals surface area contributed by atoms with E-state index >= 15 is 0 Å². The van der Waals surface area contributed by atoms with Crippen molar-refractivity contribution < 1.29 is 23.5 Å². The van der Waals surface area contributed by atoms with Gasteiger partial charge in [0.25, 0.3) is 0 Å². The van der Waals surface area contributed by atoms with Crippen molar-refractivity contribution in [2.45, 2.75) is 13.5 Å². The standard InChI is InChI=1S/C12H17NO5/c1-8-10(12(15)17-4)5-9(18-8)6-13(2)11(14)7-16-3/h5H,6-7H2,1-4H3. The van der Waals surface area contributed by atoms with E-state index in [0.717, 1.165) is 0 Å². The zero-order chi connectivity index (χ0) is 13.7. The molecule has 0 aromatic carbocycles. The summed E-state index contributed by atoms with van der Waals surface area (Å²) in [6.07, 6.45) is 0. The molecule has 0 radical (unpaired) electrons. The molecule has 0 atom stereocenters. The minimum atomic E-state index is -0.451. The van der Waals surface area contributed by atoms with Crippen LogP contribution in [0.25, 0.3) is 0 Å². The molecule has 6 nitrogen and oxygen atoms in total. The van der Waals surface area contributed by atoms with E-state index in [4.69, 9.17) is 9.15 Å². The smallest absolute Gasteiger partial charge is 0.341 e. The second kappa shape index (κ2) is 6.20. The lowest BCUT2D eigenvalue weighted by Crippen LogP contribution is -2.29. The number of amides is 1. The van der Waals surface area contributed by atoms with Gasteiger partial charge in [-0.15, -0.1) is 0 Å². The molecule has 1 amide bonds. The number of nitrogens with zero attached hydrogens (tertiary/aromatic N) is 1. The predicted molar refractivity (Wildman–Crippen MR) is 63.1 cm³/mol. The monoisotopic (exact) mass is 255 g/mol. The lowest BCUT2D eigenvalue weighted by Gasteiger charge is -2.14. The number of ether oxygens (including phenoxy) is 2. The molecule has 100 valence electrons. The van der Waals surface area contributed by atoms with Gasteiger partial charge in [0.15, 0.2) is 0 Å². The number of likely N-dealkylation sites (N-methyl/N-ethyl adjacent to an activating group) is 1. The van der Waals surface area contributed by atoms with Crippen molar-refractivity contribution in [3.63, 3.8) is 0 Å². The molecule has 0 saturated heterocycles. The Kier molecular flexibility index (Phi) is 4.91. The highest BCUT2D eigenvalue weighted by atomic mass is 16.5. The maximum Gasteiger partial charge on any atom is 0.341 e. The molecule has 1 aromatic rings. The maximum absolute atomic E-state index is 11.5. The first-order valence-corrected chi connectivity index (χ1v) is 5.40. The topological polar surface area (TPSA) is 69.0 Å². The number of aryl methyl sites for hydroxylation is 1. The number of rotatable bonds is 5. The third-order valence-electron chi connectivity index (χ3n) is 2.46. The summed E-state index contributed by atoms with van der Waals surface area (Å²) in [5, 5.41) is 0. The number of furan rings is 1. The number of hydrogen-bond acceptors (Lipinski definition) is 5. The minimum Gasteiger partial charge on any atom is -0.465 e. The Morgan fingerprint density at radius 3 is 2.61 bits per heavy atom. The highest BCUT2D eigenvalue weighted by Crippen LogP contribution is 2.16. The van der Waals surface area contributed by atoms with Crippen LogP contribution in [0.1, 0.15) is 21.9 Å². The molecule has 1 aromatic heterocycles. The van der Waals surface area contributed by atoms with E-state index in [0.29, 0.717) is 17.1 Å². The summed E-state index contributed by atoms with van der Waals surface area (Å²) < 4.78 is 14.8. The van der Waals surface area contributed by atoms with Gasteiger partial charge in [-0.3, -0.25) is 4.79 Å². The Bertz CT molecular complexity index is 438. The zero-order valence-corrected chi connectivity index (χ0v) is 11.0. The van der Waals surface area contributed by atoms with Gasteiger partial charge in [-0.2, -0.15) is 0 Å². The van der Waals surface area contributed by atoms with Gasteiger partial charge in [-0.25, -0.2) is 4.79 Å². The number of carbonyl (C=O) groups is 2. The first kappa shape index (κ1) is 14.2. The van der Waals surface area contributed by atoms with E-state index in [1.807, 2.05) is 0 Å². The number of methoxy groups -OCH3 is 2. The molecule has 0 aliphatic rings.